The molecule has 0 N–H and O–H groups in total. The van der Waals surface area contributed by atoms with E-state index in [1.54, 1.807) is 19.1 Å². The van der Waals surface area contributed by atoms with Crippen LogP contribution in [0.15, 0.2) is 66.7 Å². The van der Waals surface area contributed by atoms with E-state index in [1.807, 2.05) is 43.3 Å². The molecule has 8 heteroatoms. The average molecular weight is 711 g/mol. The van der Waals surface area contributed by atoms with Gasteiger partial charge < -0.3 is 14.2 Å². The minimum Gasteiger partial charge on any atom is -0.494 e. The van der Waals surface area contributed by atoms with Crippen molar-refractivity contribution in [3.63, 3.8) is 0 Å². The lowest BCUT2D eigenvalue weighted by molar-refractivity contribution is -0.206. The van der Waals surface area contributed by atoms with Gasteiger partial charge in [0.25, 0.3) is 0 Å². The Hall–Kier alpha value is -3.81. The van der Waals surface area contributed by atoms with E-state index >= 15 is 0 Å². The molecule has 0 saturated carbocycles. The molecule has 51 heavy (non-hydrogen) atoms. The highest BCUT2D eigenvalue weighted by Gasteiger charge is 2.42. The first kappa shape index (κ1) is 41.6. The van der Waals surface area contributed by atoms with Crippen LogP contribution >= 0.6 is 0 Å². The second kappa shape index (κ2) is 22.9. The van der Waals surface area contributed by atoms with E-state index < -0.39 is 24.2 Å². The van der Waals surface area contributed by atoms with Crippen LogP contribution in [-0.4, -0.2) is 30.8 Å². The number of halogens is 3. The Morgan fingerprint density at radius 1 is 0.608 bits per heavy atom. The molecular weight excluding hydrogens is 653 g/mol. The van der Waals surface area contributed by atoms with Gasteiger partial charge in [0.15, 0.2) is 6.10 Å². The number of hydrogen-bond donors (Lipinski definition) is 0. The maximum Gasteiger partial charge on any atom is 0.425 e. The second-order valence-corrected chi connectivity index (χ2v) is 13.5. The minimum atomic E-state index is -4.65. The number of carbonyl (C=O) groups is 2. The van der Waals surface area contributed by atoms with Crippen molar-refractivity contribution < 1.29 is 37.0 Å². The number of aryl methyl sites for hydroxylation is 1. The summed E-state index contributed by atoms with van der Waals surface area (Å²) < 4.78 is 56.8. The van der Waals surface area contributed by atoms with Crippen LogP contribution in [0.4, 0.5) is 13.2 Å². The number of carbonyl (C=O) groups excluding carboxylic acids is 2. The smallest absolute Gasteiger partial charge is 0.425 e. The summed E-state index contributed by atoms with van der Waals surface area (Å²) in [6, 6.07) is 19.0. The summed E-state index contributed by atoms with van der Waals surface area (Å²) in [4.78, 5) is 25.5. The first-order valence-electron chi connectivity index (χ1n) is 19.1. The van der Waals surface area contributed by atoms with Crippen LogP contribution in [0.5, 0.6) is 11.5 Å². The maximum absolute atomic E-state index is 13.5. The minimum absolute atomic E-state index is 0.0415. The van der Waals surface area contributed by atoms with Gasteiger partial charge in [0.2, 0.25) is 0 Å². The van der Waals surface area contributed by atoms with Gasteiger partial charge >= 0.3 is 18.1 Å². The molecule has 0 bridgehead atoms. The fourth-order valence-electron chi connectivity index (χ4n) is 5.97. The molecule has 0 heterocycles. The molecule has 1 atom stereocenters. The summed E-state index contributed by atoms with van der Waals surface area (Å²) in [5, 5.41) is 0. The molecule has 0 amide bonds. The zero-order valence-corrected chi connectivity index (χ0v) is 30.8. The van der Waals surface area contributed by atoms with E-state index in [0.717, 1.165) is 36.1 Å². The average Bonchev–Trinajstić information content (AvgIpc) is 3.12. The lowest BCUT2D eigenvalue weighted by atomic mass is 10.0. The fraction of sp³-hybridized carbons (Fsp3) is 0.535. The molecule has 3 rings (SSSR count). The first-order valence-corrected chi connectivity index (χ1v) is 19.1. The largest absolute Gasteiger partial charge is 0.494 e. The van der Waals surface area contributed by atoms with Gasteiger partial charge in [-0.2, -0.15) is 13.2 Å². The normalized spacial score (nSPS) is 12.0. The predicted octanol–water partition coefficient (Wildman–Crippen LogP) is 13.0. The Bertz CT molecular complexity index is 1430. The van der Waals surface area contributed by atoms with Crippen LogP contribution in [0.25, 0.3) is 11.1 Å². The lowest BCUT2D eigenvalue weighted by Crippen LogP contribution is -2.33. The highest BCUT2D eigenvalue weighted by atomic mass is 19.4. The van der Waals surface area contributed by atoms with Gasteiger partial charge in [-0.25, -0.2) is 9.59 Å². The molecule has 3 aromatic rings. The Morgan fingerprint density at radius 2 is 1.10 bits per heavy atom. The molecular formula is C43H57F3O5. The van der Waals surface area contributed by atoms with E-state index in [9.17, 15) is 22.8 Å². The number of rotatable bonds is 24. The maximum atomic E-state index is 13.5. The van der Waals surface area contributed by atoms with Gasteiger partial charge in [-0.05, 0) is 85.3 Å². The van der Waals surface area contributed by atoms with Gasteiger partial charge in [-0.15, -0.1) is 0 Å². The second-order valence-electron chi connectivity index (χ2n) is 13.5. The van der Waals surface area contributed by atoms with E-state index in [-0.39, 0.29) is 17.7 Å². The summed E-state index contributed by atoms with van der Waals surface area (Å²) in [6.45, 7) is 6.55. The van der Waals surface area contributed by atoms with Crippen molar-refractivity contribution >= 4 is 11.9 Å². The fourth-order valence-corrected chi connectivity index (χ4v) is 5.97. The van der Waals surface area contributed by atoms with Gasteiger partial charge in [-0.1, -0.05) is 128 Å². The third-order valence-corrected chi connectivity index (χ3v) is 9.12. The summed E-state index contributed by atoms with van der Waals surface area (Å²) in [5.41, 5.74) is 2.63. The zero-order chi connectivity index (χ0) is 36.9. The first-order chi connectivity index (χ1) is 24.6. The van der Waals surface area contributed by atoms with Gasteiger partial charge in [0, 0.05) is 0 Å². The third-order valence-electron chi connectivity index (χ3n) is 9.12. The van der Waals surface area contributed by atoms with E-state index in [2.05, 4.69) is 6.92 Å². The zero-order valence-electron chi connectivity index (χ0n) is 30.8. The Morgan fingerprint density at radius 3 is 1.63 bits per heavy atom. The monoisotopic (exact) mass is 710 g/mol. The van der Waals surface area contributed by atoms with E-state index in [1.165, 1.54) is 88.8 Å². The van der Waals surface area contributed by atoms with Crippen molar-refractivity contribution in [1.82, 2.24) is 0 Å². The summed E-state index contributed by atoms with van der Waals surface area (Å²) in [5.74, 6) is -0.625. The van der Waals surface area contributed by atoms with Gasteiger partial charge in [-0.3, -0.25) is 0 Å². The Balaban J connectivity index is 1.41. The molecule has 0 aliphatic heterocycles. The van der Waals surface area contributed by atoms with E-state index in [4.69, 9.17) is 14.2 Å². The molecule has 5 nitrogen and oxygen atoms in total. The van der Waals surface area contributed by atoms with Crippen molar-refractivity contribution in [2.24, 2.45) is 0 Å². The topological polar surface area (TPSA) is 61.8 Å². The number of ether oxygens (including phenoxy) is 3. The van der Waals surface area contributed by atoms with E-state index in [0.29, 0.717) is 30.6 Å². The Labute approximate surface area is 303 Å². The van der Waals surface area contributed by atoms with Crippen molar-refractivity contribution in [2.75, 3.05) is 6.61 Å². The molecule has 280 valence electrons. The standard InChI is InChI=1S/C43H57F3O5/c1-4-6-8-10-11-12-13-14-15-16-17-19-31-49-38-28-25-35(26-29-38)34-21-23-36(24-22-34)41(47)50-39-30-27-37(32-33(39)3)42(48)51-40(43(44,45)46)20-18-9-7-5-2/h21-30,32,40H,4-20,31H2,1-3H3/t40-/m1/s1. The molecule has 0 saturated heterocycles. The van der Waals surface area contributed by atoms with Crippen LogP contribution < -0.4 is 9.47 Å². The van der Waals surface area contributed by atoms with Crippen molar-refractivity contribution in [1.29, 1.82) is 0 Å². The SMILES string of the molecule is CCCCCCCCCCCCCCOc1ccc(-c2ccc(C(=O)Oc3ccc(C(=O)O[C@H](CCCCCC)C(F)(F)F)cc3C)cc2)cc1. The number of unbranched alkanes of at least 4 members (excludes halogenated alkanes) is 14. The van der Waals surface area contributed by atoms with Gasteiger partial charge in [0.05, 0.1) is 17.7 Å². The number of esters is 2. The Kier molecular flexibility index (Phi) is 18.7. The molecule has 3 aromatic carbocycles. The summed E-state index contributed by atoms with van der Waals surface area (Å²) in [7, 11) is 0. The van der Waals surface area contributed by atoms with Crippen LogP contribution in [0.2, 0.25) is 0 Å². The molecule has 0 aliphatic rings. The van der Waals surface area contributed by atoms with Crippen molar-refractivity contribution in [3.8, 4) is 22.6 Å². The predicted molar refractivity (Wildman–Crippen MR) is 199 cm³/mol. The molecule has 0 aliphatic carbocycles. The van der Waals surface area contributed by atoms with Gasteiger partial charge in [0.1, 0.15) is 11.5 Å². The van der Waals surface area contributed by atoms with Crippen LogP contribution in [-0.2, 0) is 4.74 Å². The number of alkyl halides is 3. The molecule has 0 radical (unpaired) electrons. The lowest BCUT2D eigenvalue weighted by Gasteiger charge is -2.21. The van der Waals surface area contributed by atoms with Crippen LogP contribution in [0.3, 0.4) is 0 Å². The molecule has 0 spiro atoms. The number of hydrogen-bond acceptors (Lipinski definition) is 5. The van der Waals surface area contributed by atoms with Crippen molar-refractivity contribution in [3.05, 3.63) is 83.4 Å². The highest BCUT2D eigenvalue weighted by Crippen LogP contribution is 2.29. The third kappa shape index (κ3) is 15.5. The molecule has 0 fully saturated rings. The van der Waals surface area contributed by atoms with Crippen LogP contribution in [0.1, 0.15) is 149 Å². The summed E-state index contributed by atoms with van der Waals surface area (Å²) in [6.07, 6.45) is 11.3. The quantitative estimate of drug-likeness (QED) is 0.0526. The highest BCUT2D eigenvalue weighted by molar-refractivity contribution is 5.93. The summed E-state index contributed by atoms with van der Waals surface area (Å²) >= 11 is 0. The molecule has 0 aromatic heterocycles. The number of benzene rings is 3. The van der Waals surface area contributed by atoms with Crippen LogP contribution in [0, 0.1) is 6.92 Å². The molecule has 0 unspecified atom stereocenters. The van der Waals surface area contributed by atoms with Crippen molar-refractivity contribution in [2.45, 2.75) is 142 Å².